The maximum atomic E-state index is 12.2. The molecule has 0 bridgehead atoms. The Hall–Kier alpha value is -2.45. The van der Waals surface area contributed by atoms with Gasteiger partial charge in [-0.15, -0.1) is 0 Å². The Morgan fingerprint density at radius 3 is 2.58 bits per heavy atom. The van der Waals surface area contributed by atoms with Crippen LogP contribution in [0.3, 0.4) is 0 Å². The van der Waals surface area contributed by atoms with E-state index in [4.69, 9.17) is 4.74 Å². The van der Waals surface area contributed by atoms with Crippen molar-refractivity contribution in [1.82, 2.24) is 4.98 Å². The number of benzene rings is 2. The first-order valence-corrected chi connectivity index (χ1v) is 10.7. The highest BCUT2D eigenvalue weighted by atomic mass is 32.2. The number of carbonyl (C=O) groups excluding carboxylic acids is 1. The summed E-state index contributed by atoms with van der Waals surface area (Å²) in [6.45, 7) is 2.51. The molecule has 1 aromatic heterocycles. The average molecular weight is 390 g/mol. The Balaban J connectivity index is 1.68. The molecular formula is C18H18N2O4S2. The lowest BCUT2D eigenvalue weighted by Gasteiger charge is -2.03. The van der Waals surface area contributed by atoms with Crippen LogP contribution in [-0.4, -0.2) is 32.2 Å². The molecular weight excluding hydrogens is 372 g/mol. The van der Waals surface area contributed by atoms with Crippen molar-refractivity contribution in [2.45, 2.75) is 18.2 Å². The number of rotatable bonds is 6. The summed E-state index contributed by atoms with van der Waals surface area (Å²) < 4.78 is 29.3. The van der Waals surface area contributed by atoms with E-state index in [0.29, 0.717) is 11.7 Å². The summed E-state index contributed by atoms with van der Waals surface area (Å²) in [5, 5.41) is 3.31. The van der Waals surface area contributed by atoms with Crippen molar-refractivity contribution in [1.29, 1.82) is 0 Å². The van der Waals surface area contributed by atoms with Crippen LogP contribution in [0.1, 0.15) is 12.5 Å². The van der Waals surface area contributed by atoms with Crippen LogP contribution in [0.5, 0.6) is 5.75 Å². The highest BCUT2D eigenvalue weighted by molar-refractivity contribution is 7.90. The fraction of sp³-hybridized carbons (Fsp3) is 0.222. The number of hydrogen-bond donors (Lipinski definition) is 1. The number of hydrogen-bond acceptors (Lipinski definition) is 6. The first-order valence-electron chi connectivity index (χ1n) is 7.97. The summed E-state index contributed by atoms with van der Waals surface area (Å²) in [7, 11) is -3.24. The highest BCUT2D eigenvalue weighted by Gasteiger charge is 2.11. The number of amides is 1. The molecule has 0 atom stereocenters. The standard InChI is InChI=1S/C18H18N2O4S2/c1-3-24-13-6-9-15-16(11-13)25-18(19-15)20-17(21)10-12-4-7-14(8-5-12)26(2,22)23/h4-9,11H,3,10H2,1-2H3,(H,19,20,21). The van der Waals surface area contributed by atoms with Crippen LogP contribution in [0.2, 0.25) is 0 Å². The smallest absolute Gasteiger partial charge is 0.230 e. The van der Waals surface area contributed by atoms with E-state index in [2.05, 4.69) is 10.3 Å². The second-order valence-corrected chi connectivity index (χ2v) is 8.77. The summed E-state index contributed by atoms with van der Waals surface area (Å²) in [5.41, 5.74) is 1.53. The van der Waals surface area contributed by atoms with E-state index in [1.54, 1.807) is 12.1 Å². The molecule has 0 fully saturated rings. The van der Waals surface area contributed by atoms with Gasteiger partial charge in [0.2, 0.25) is 5.91 Å². The number of nitrogens with one attached hydrogen (secondary N) is 1. The van der Waals surface area contributed by atoms with E-state index in [9.17, 15) is 13.2 Å². The van der Waals surface area contributed by atoms with Gasteiger partial charge in [0.1, 0.15) is 5.75 Å². The molecule has 1 heterocycles. The van der Waals surface area contributed by atoms with Crippen molar-refractivity contribution >= 4 is 42.4 Å². The van der Waals surface area contributed by atoms with E-state index < -0.39 is 9.84 Å². The minimum atomic E-state index is -3.24. The van der Waals surface area contributed by atoms with Crippen LogP contribution in [-0.2, 0) is 21.1 Å². The lowest BCUT2D eigenvalue weighted by molar-refractivity contribution is -0.115. The van der Waals surface area contributed by atoms with Crippen LogP contribution in [0.4, 0.5) is 5.13 Å². The van der Waals surface area contributed by atoms with Gasteiger partial charge in [-0.25, -0.2) is 13.4 Å². The fourth-order valence-corrected chi connectivity index (χ4v) is 3.96. The average Bonchev–Trinajstić information content (AvgIpc) is 2.96. The van der Waals surface area contributed by atoms with Crippen LogP contribution < -0.4 is 10.1 Å². The van der Waals surface area contributed by atoms with E-state index >= 15 is 0 Å². The Labute approximate surface area is 155 Å². The molecule has 0 aliphatic rings. The van der Waals surface area contributed by atoms with Crippen molar-refractivity contribution in [3.63, 3.8) is 0 Å². The molecule has 0 spiro atoms. The minimum absolute atomic E-state index is 0.143. The number of fused-ring (bicyclic) bond motifs is 1. The molecule has 1 N–H and O–H groups in total. The minimum Gasteiger partial charge on any atom is -0.494 e. The van der Waals surface area contributed by atoms with Gasteiger partial charge in [-0.3, -0.25) is 4.79 Å². The zero-order chi connectivity index (χ0) is 18.7. The predicted octanol–water partition coefficient (Wildman–Crippen LogP) is 3.28. The molecule has 0 radical (unpaired) electrons. The van der Waals surface area contributed by atoms with Crippen LogP contribution >= 0.6 is 11.3 Å². The van der Waals surface area contributed by atoms with E-state index in [1.807, 2.05) is 25.1 Å². The van der Waals surface area contributed by atoms with Crippen molar-refractivity contribution in [3.05, 3.63) is 48.0 Å². The van der Waals surface area contributed by atoms with Gasteiger partial charge in [-0.2, -0.15) is 0 Å². The molecule has 0 aliphatic carbocycles. The largest absolute Gasteiger partial charge is 0.494 e. The molecule has 0 unspecified atom stereocenters. The van der Waals surface area contributed by atoms with Gasteiger partial charge in [0, 0.05) is 6.26 Å². The number of nitrogens with zero attached hydrogens (tertiary/aromatic N) is 1. The zero-order valence-electron chi connectivity index (χ0n) is 14.4. The van der Waals surface area contributed by atoms with Gasteiger partial charge in [-0.1, -0.05) is 23.5 Å². The van der Waals surface area contributed by atoms with Crippen LogP contribution in [0.25, 0.3) is 10.2 Å². The monoisotopic (exact) mass is 390 g/mol. The summed E-state index contributed by atoms with van der Waals surface area (Å²) >= 11 is 1.38. The van der Waals surface area contributed by atoms with Crippen molar-refractivity contribution < 1.29 is 17.9 Å². The number of carbonyl (C=O) groups is 1. The SMILES string of the molecule is CCOc1ccc2nc(NC(=O)Cc3ccc(S(C)(=O)=O)cc3)sc2c1. The lowest BCUT2D eigenvalue weighted by Crippen LogP contribution is -2.14. The summed E-state index contributed by atoms with van der Waals surface area (Å²) in [5.74, 6) is 0.564. The van der Waals surface area contributed by atoms with E-state index in [1.165, 1.54) is 23.5 Å². The Morgan fingerprint density at radius 1 is 1.19 bits per heavy atom. The number of sulfone groups is 1. The third-order valence-corrected chi connectivity index (χ3v) is 5.70. The Bertz CT molecular complexity index is 1040. The molecule has 8 heteroatoms. The van der Waals surface area contributed by atoms with Crippen molar-refractivity contribution in [3.8, 4) is 5.75 Å². The first-order chi connectivity index (χ1) is 12.3. The molecule has 1 amide bonds. The second kappa shape index (κ2) is 7.43. The maximum Gasteiger partial charge on any atom is 0.230 e. The lowest BCUT2D eigenvalue weighted by atomic mass is 10.1. The van der Waals surface area contributed by atoms with E-state index in [0.717, 1.165) is 27.8 Å². The third-order valence-electron chi connectivity index (χ3n) is 3.63. The molecule has 0 saturated heterocycles. The quantitative estimate of drug-likeness (QED) is 0.698. The number of ether oxygens (including phenoxy) is 1. The molecule has 26 heavy (non-hydrogen) atoms. The van der Waals surface area contributed by atoms with Crippen LogP contribution in [0.15, 0.2) is 47.4 Å². The van der Waals surface area contributed by atoms with Gasteiger partial charge in [0.05, 0.1) is 28.1 Å². The first kappa shape index (κ1) is 18.3. The number of anilines is 1. The van der Waals surface area contributed by atoms with E-state index in [-0.39, 0.29) is 17.2 Å². The molecule has 3 aromatic rings. The second-order valence-electron chi connectivity index (χ2n) is 5.72. The topological polar surface area (TPSA) is 85.4 Å². The molecule has 0 saturated carbocycles. The summed E-state index contributed by atoms with van der Waals surface area (Å²) in [4.78, 5) is 16.9. The molecule has 2 aromatic carbocycles. The molecule has 136 valence electrons. The van der Waals surface area contributed by atoms with Gasteiger partial charge < -0.3 is 10.1 Å². The molecule has 3 rings (SSSR count). The Kier molecular flexibility index (Phi) is 5.24. The van der Waals surface area contributed by atoms with Gasteiger partial charge in [-0.05, 0) is 42.8 Å². The van der Waals surface area contributed by atoms with Gasteiger partial charge in [0.25, 0.3) is 0 Å². The number of thiazole rings is 1. The summed E-state index contributed by atoms with van der Waals surface area (Å²) in [6.07, 6.45) is 1.29. The maximum absolute atomic E-state index is 12.2. The fourth-order valence-electron chi connectivity index (χ4n) is 2.42. The van der Waals surface area contributed by atoms with Gasteiger partial charge >= 0.3 is 0 Å². The molecule has 0 aliphatic heterocycles. The zero-order valence-corrected chi connectivity index (χ0v) is 16.0. The van der Waals surface area contributed by atoms with Crippen molar-refractivity contribution in [2.75, 3.05) is 18.2 Å². The Morgan fingerprint density at radius 2 is 1.92 bits per heavy atom. The predicted molar refractivity (Wildman–Crippen MR) is 103 cm³/mol. The van der Waals surface area contributed by atoms with Crippen LogP contribution in [0, 0.1) is 0 Å². The number of aromatic nitrogens is 1. The third kappa shape index (κ3) is 4.39. The van der Waals surface area contributed by atoms with Crippen molar-refractivity contribution in [2.24, 2.45) is 0 Å². The molecule has 6 nitrogen and oxygen atoms in total. The highest BCUT2D eigenvalue weighted by Crippen LogP contribution is 2.29. The normalized spacial score (nSPS) is 11.5. The van der Waals surface area contributed by atoms with Gasteiger partial charge in [0.15, 0.2) is 15.0 Å². The summed E-state index contributed by atoms with van der Waals surface area (Å²) in [6, 6.07) is 11.9.